The van der Waals surface area contributed by atoms with E-state index in [-0.39, 0.29) is 6.09 Å². The van der Waals surface area contributed by atoms with E-state index in [2.05, 4.69) is 10.2 Å². The number of hydrogen-bond donors (Lipinski definition) is 1. The highest BCUT2D eigenvalue weighted by Gasteiger charge is 2.41. The van der Waals surface area contributed by atoms with E-state index in [1.54, 1.807) is 12.0 Å². The summed E-state index contributed by atoms with van der Waals surface area (Å²) in [5.41, 5.74) is 3.00. The highest BCUT2D eigenvalue weighted by Crippen LogP contribution is 2.41. The van der Waals surface area contributed by atoms with Crippen LogP contribution in [0.1, 0.15) is 63.5 Å². The summed E-state index contributed by atoms with van der Waals surface area (Å²) in [4.78, 5) is 14.3. The summed E-state index contributed by atoms with van der Waals surface area (Å²) in [6, 6.07) is 7.83. The second kappa shape index (κ2) is 9.06. The van der Waals surface area contributed by atoms with Gasteiger partial charge in [0.15, 0.2) is 0 Å². The van der Waals surface area contributed by atoms with Crippen molar-refractivity contribution < 1.29 is 19.4 Å². The Morgan fingerprint density at radius 2 is 1.94 bits per heavy atom. The molecule has 2 heterocycles. The van der Waals surface area contributed by atoms with Crippen molar-refractivity contribution in [1.82, 2.24) is 15.1 Å². The van der Waals surface area contributed by atoms with E-state index in [1.165, 1.54) is 0 Å². The van der Waals surface area contributed by atoms with Crippen LogP contribution in [0.25, 0.3) is 11.3 Å². The normalized spacial score (nSPS) is 20.1. The van der Waals surface area contributed by atoms with Gasteiger partial charge in [-0.1, -0.05) is 13.0 Å². The van der Waals surface area contributed by atoms with Crippen molar-refractivity contribution in [3.63, 3.8) is 0 Å². The van der Waals surface area contributed by atoms with Gasteiger partial charge in [0.2, 0.25) is 0 Å². The summed E-state index contributed by atoms with van der Waals surface area (Å²) >= 11 is 0. The van der Waals surface area contributed by atoms with E-state index >= 15 is 0 Å². The van der Waals surface area contributed by atoms with Gasteiger partial charge in [-0.2, -0.15) is 5.10 Å². The molecule has 1 N–H and O–H groups in total. The smallest absolute Gasteiger partial charge is 0.410 e. The Hall–Kier alpha value is -2.67. The third-order valence-electron chi connectivity index (χ3n) is 5.94. The van der Waals surface area contributed by atoms with Crippen LogP contribution in [0.4, 0.5) is 4.79 Å². The van der Waals surface area contributed by atoms with Crippen molar-refractivity contribution in [2.24, 2.45) is 5.41 Å². The molecule has 0 saturated carbocycles. The molecule has 0 bridgehead atoms. The molecule has 1 amide bonds. The number of nitrogens with zero attached hydrogens (tertiary/aromatic N) is 3. The molecular weight excluding hydrogens is 406 g/mol. The van der Waals surface area contributed by atoms with E-state index in [0.717, 1.165) is 41.0 Å². The predicted octanol–water partition coefficient (Wildman–Crippen LogP) is 4.84. The van der Waals surface area contributed by atoms with Crippen LogP contribution in [0.15, 0.2) is 24.3 Å². The van der Waals surface area contributed by atoms with Crippen LogP contribution in [0.2, 0.25) is 0 Å². The summed E-state index contributed by atoms with van der Waals surface area (Å²) < 4.78 is 11.1. The number of piperidine rings is 1. The van der Waals surface area contributed by atoms with Crippen molar-refractivity contribution in [1.29, 1.82) is 0 Å². The lowest BCUT2D eigenvalue weighted by molar-refractivity contribution is -0.0364. The second-order valence-corrected chi connectivity index (χ2v) is 10.1. The third kappa shape index (κ3) is 5.21. The van der Waals surface area contributed by atoms with Crippen molar-refractivity contribution in [2.45, 2.75) is 66.1 Å². The average molecular weight is 442 g/mol. The average Bonchev–Trinajstić information content (AvgIpc) is 2.72. The zero-order valence-corrected chi connectivity index (χ0v) is 20.2. The zero-order chi connectivity index (χ0) is 23.7. The maximum absolute atomic E-state index is 12.6. The number of aliphatic hydroxyl groups excluding tert-OH is 1. The fourth-order valence-electron chi connectivity index (χ4n) is 4.23. The lowest BCUT2D eigenvalue weighted by atomic mass is 9.75. The van der Waals surface area contributed by atoms with E-state index in [1.807, 2.05) is 65.8 Å². The number of benzene rings is 1. The van der Waals surface area contributed by atoms with Crippen molar-refractivity contribution in [3.8, 4) is 17.0 Å². The van der Waals surface area contributed by atoms with Crippen LogP contribution in [-0.4, -0.2) is 52.1 Å². The topological polar surface area (TPSA) is 84.8 Å². The molecule has 1 saturated heterocycles. The number of aliphatic hydroxyl groups is 1. The van der Waals surface area contributed by atoms with E-state index in [9.17, 15) is 9.90 Å². The summed E-state index contributed by atoms with van der Waals surface area (Å²) in [6.45, 7) is 12.5. The Balaban J connectivity index is 1.84. The fourth-order valence-corrected chi connectivity index (χ4v) is 4.23. The number of ether oxygens (including phenoxy) is 2. The highest BCUT2D eigenvalue weighted by atomic mass is 16.6. The molecule has 2 atom stereocenters. The van der Waals surface area contributed by atoms with Crippen molar-refractivity contribution in [3.05, 3.63) is 41.1 Å². The number of amides is 1. The summed E-state index contributed by atoms with van der Waals surface area (Å²) in [5.74, 6) is 0.739. The molecule has 1 aliphatic rings. The Morgan fingerprint density at radius 3 is 2.56 bits per heavy atom. The fraction of sp³-hybridized carbons (Fsp3) is 0.560. The first kappa shape index (κ1) is 24.0. The molecule has 1 aromatic carbocycles. The van der Waals surface area contributed by atoms with Crippen LogP contribution in [-0.2, 0) is 4.74 Å². The number of aryl methyl sites for hydroxylation is 2. The summed E-state index contributed by atoms with van der Waals surface area (Å²) in [6.07, 6.45) is 0.368. The minimum atomic E-state index is -0.854. The lowest BCUT2D eigenvalue weighted by Crippen LogP contribution is -2.49. The molecule has 1 aliphatic heterocycles. The Bertz CT molecular complexity index is 986. The Labute approximate surface area is 190 Å². The van der Waals surface area contributed by atoms with Gasteiger partial charge in [0, 0.05) is 24.1 Å². The summed E-state index contributed by atoms with van der Waals surface area (Å²) in [7, 11) is 1.64. The molecule has 0 spiro atoms. The van der Waals surface area contributed by atoms with Gasteiger partial charge in [0.25, 0.3) is 0 Å². The molecule has 0 radical (unpaired) electrons. The zero-order valence-electron chi connectivity index (χ0n) is 20.2. The van der Waals surface area contributed by atoms with E-state index in [0.29, 0.717) is 18.8 Å². The third-order valence-corrected chi connectivity index (χ3v) is 5.94. The van der Waals surface area contributed by atoms with Gasteiger partial charge in [0.1, 0.15) is 17.5 Å². The SMILES string of the molecule is COc1cc(C)ccc1-c1nnc([C@@H](O)[C@]2(C)CCCN(C(=O)OC(C)(C)C)C2)cc1C. The number of carbonyl (C=O) groups excluding carboxylic acids is 1. The number of aromatic nitrogens is 2. The van der Waals surface area contributed by atoms with Crippen LogP contribution >= 0.6 is 0 Å². The van der Waals surface area contributed by atoms with Crippen LogP contribution in [0.3, 0.4) is 0 Å². The van der Waals surface area contributed by atoms with Crippen LogP contribution in [0, 0.1) is 19.3 Å². The Morgan fingerprint density at radius 1 is 1.22 bits per heavy atom. The number of methoxy groups -OCH3 is 1. The van der Waals surface area contributed by atoms with Crippen LogP contribution < -0.4 is 4.74 Å². The summed E-state index contributed by atoms with van der Waals surface area (Å²) in [5, 5.41) is 20.1. The molecule has 1 fully saturated rings. The largest absolute Gasteiger partial charge is 0.496 e. The molecule has 174 valence electrons. The highest BCUT2D eigenvalue weighted by molar-refractivity contribution is 5.70. The molecule has 0 aliphatic carbocycles. The van der Waals surface area contributed by atoms with Gasteiger partial charge in [-0.05, 0) is 76.8 Å². The maximum Gasteiger partial charge on any atom is 0.410 e. The second-order valence-electron chi connectivity index (χ2n) is 10.1. The maximum atomic E-state index is 12.6. The molecular formula is C25H35N3O4. The molecule has 2 aromatic rings. The standard InChI is InChI=1S/C25H35N3O4/c1-16-9-10-18(20(13-16)31-7)21-17(2)14-19(26-27-21)22(29)25(6)11-8-12-28(15-25)23(30)32-24(3,4)5/h9-10,13-14,22,29H,8,11-12,15H2,1-7H3/t22-,25-/m1/s1. The van der Waals surface area contributed by atoms with Gasteiger partial charge in [0.05, 0.1) is 18.5 Å². The van der Waals surface area contributed by atoms with Gasteiger partial charge in [-0.3, -0.25) is 0 Å². The van der Waals surface area contributed by atoms with E-state index in [4.69, 9.17) is 9.47 Å². The van der Waals surface area contributed by atoms with Gasteiger partial charge >= 0.3 is 6.09 Å². The van der Waals surface area contributed by atoms with E-state index < -0.39 is 17.1 Å². The first-order chi connectivity index (χ1) is 14.9. The van der Waals surface area contributed by atoms with Gasteiger partial charge < -0.3 is 19.5 Å². The minimum absolute atomic E-state index is 0.347. The van der Waals surface area contributed by atoms with Gasteiger partial charge in [-0.15, -0.1) is 5.10 Å². The molecule has 32 heavy (non-hydrogen) atoms. The minimum Gasteiger partial charge on any atom is -0.496 e. The molecule has 3 rings (SSSR count). The molecule has 7 nitrogen and oxygen atoms in total. The first-order valence-corrected chi connectivity index (χ1v) is 11.1. The van der Waals surface area contributed by atoms with Crippen molar-refractivity contribution >= 4 is 6.09 Å². The molecule has 1 aromatic heterocycles. The number of hydrogen-bond acceptors (Lipinski definition) is 6. The lowest BCUT2D eigenvalue weighted by Gasteiger charge is -2.43. The quantitative estimate of drug-likeness (QED) is 0.731. The van der Waals surface area contributed by atoms with Crippen molar-refractivity contribution in [2.75, 3.05) is 20.2 Å². The molecule has 7 heteroatoms. The van der Waals surface area contributed by atoms with Crippen LogP contribution in [0.5, 0.6) is 5.75 Å². The monoisotopic (exact) mass is 441 g/mol. The number of likely N-dealkylation sites (tertiary alicyclic amines) is 1. The number of rotatable bonds is 4. The molecule has 0 unspecified atom stereocenters. The first-order valence-electron chi connectivity index (χ1n) is 11.1. The Kier molecular flexibility index (Phi) is 6.79. The predicted molar refractivity (Wildman–Crippen MR) is 124 cm³/mol. The van der Waals surface area contributed by atoms with Gasteiger partial charge in [-0.25, -0.2) is 4.79 Å². The number of carbonyl (C=O) groups is 1.